The lowest BCUT2D eigenvalue weighted by atomic mass is 9.81. The van der Waals surface area contributed by atoms with Crippen LogP contribution in [0.25, 0.3) is 0 Å². The van der Waals surface area contributed by atoms with E-state index in [-0.39, 0.29) is 0 Å². The fourth-order valence-electron chi connectivity index (χ4n) is 4.22. The fraction of sp³-hybridized carbons (Fsp3) is 0.800. The molecule has 2 fully saturated rings. The van der Waals surface area contributed by atoms with Gasteiger partial charge in [-0.3, -0.25) is 4.68 Å². The summed E-state index contributed by atoms with van der Waals surface area (Å²) in [6.45, 7) is 3.24. The molecule has 3 nitrogen and oxygen atoms in total. The molecule has 18 heavy (non-hydrogen) atoms. The van der Waals surface area contributed by atoms with Gasteiger partial charge in [0, 0.05) is 24.3 Å². The van der Waals surface area contributed by atoms with Crippen molar-refractivity contribution < 1.29 is 0 Å². The zero-order chi connectivity index (χ0) is 12.5. The minimum atomic E-state index is 0.519. The highest BCUT2D eigenvalue weighted by Gasteiger charge is 2.43. The fourth-order valence-corrected chi connectivity index (χ4v) is 4.22. The smallest absolute Gasteiger partial charge is 0.0537 e. The van der Waals surface area contributed by atoms with E-state index in [1.807, 2.05) is 0 Å². The van der Waals surface area contributed by atoms with Crippen molar-refractivity contribution in [3.8, 4) is 0 Å². The van der Waals surface area contributed by atoms with Gasteiger partial charge in [0.15, 0.2) is 0 Å². The van der Waals surface area contributed by atoms with Crippen LogP contribution in [0.3, 0.4) is 0 Å². The Labute approximate surface area is 110 Å². The highest BCUT2D eigenvalue weighted by atomic mass is 15.3. The summed E-state index contributed by atoms with van der Waals surface area (Å²) in [5.74, 6) is 2.82. The Morgan fingerprint density at radius 3 is 2.94 bits per heavy atom. The molecule has 0 amide bonds. The zero-order valence-corrected chi connectivity index (χ0v) is 11.6. The standard InChI is InChI=1S/C15H25N3/c1-3-6-18-10-13(9-17-18)15(16-2)14-8-11-4-5-12(14)7-11/h9-12,14-16H,3-8H2,1-2H3. The van der Waals surface area contributed by atoms with Crippen molar-refractivity contribution in [3.63, 3.8) is 0 Å². The Bertz CT molecular complexity index is 398. The first-order chi connectivity index (χ1) is 8.81. The van der Waals surface area contributed by atoms with Crippen molar-refractivity contribution in [2.75, 3.05) is 7.05 Å². The first-order valence-corrected chi connectivity index (χ1v) is 7.51. The molecule has 3 rings (SSSR count). The summed E-state index contributed by atoms with van der Waals surface area (Å²) in [4.78, 5) is 0. The number of fused-ring (bicyclic) bond motifs is 2. The largest absolute Gasteiger partial charge is 0.313 e. The van der Waals surface area contributed by atoms with E-state index in [9.17, 15) is 0 Å². The van der Waals surface area contributed by atoms with Crippen LogP contribution in [0.4, 0.5) is 0 Å². The van der Waals surface area contributed by atoms with Crippen molar-refractivity contribution >= 4 is 0 Å². The molecule has 0 aromatic carbocycles. The van der Waals surface area contributed by atoms with Gasteiger partial charge in [-0.25, -0.2) is 0 Å². The lowest BCUT2D eigenvalue weighted by Crippen LogP contribution is -2.28. The summed E-state index contributed by atoms with van der Waals surface area (Å²) in [5, 5.41) is 8.03. The third kappa shape index (κ3) is 2.09. The van der Waals surface area contributed by atoms with Crippen LogP contribution in [-0.2, 0) is 6.54 Å². The van der Waals surface area contributed by atoms with E-state index >= 15 is 0 Å². The van der Waals surface area contributed by atoms with Gasteiger partial charge in [0.2, 0.25) is 0 Å². The van der Waals surface area contributed by atoms with Gasteiger partial charge in [-0.2, -0.15) is 5.10 Å². The van der Waals surface area contributed by atoms with Crippen molar-refractivity contribution in [1.29, 1.82) is 0 Å². The highest BCUT2D eigenvalue weighted by molar-refractivity contribution is 5.14. The molecule has 2 aliphatic rings. The number of hydrogen-bond acceptors (Lipinski definition) is 2. The normalized spacial score (nSPS) is 32.0. The summed E-state index contributed by atoms with van der Waals surface area (Å²) in [5.41, 5.74) is 1.39. The van der Waals surface area contributed by atoms with Crippen LogP contribution in [0, 0.1) is 17.8 Å². The van der Waals surface area contributed by atoms with Crippen LogP contribution in [0.1, 0.15) is 50.6 Å². The van der Waals surface area contributed by atoms with E-state index in [4.69, 9.17) is 0 Å². The third-order valence-corrected chi connectivity index (χ3v) is 5.00. The maximum absolute atomic E-state index is 4.48. The first kappa shape index (κ1) is 12.2. The van der Waals surface area contributed by atoms with Crippen LogP contribution in [-0.4, -0.2) is 16.8 Å². The molecule has 2 saturated carbocycles. The summed E-state index contributed by atoms with van der Waals surface area (Å²) in [6, 6.07) is 0.519. The summed E-state index contributed by atoms with van der Waals surface area (Å²) >= 11 is 0. The molecule has 4 unspecified atom stereocenters. The highest BCUT2D eigenvalue weighted by Crippen LogP contribution is 2.52. The predicted octanol–water partition coefficient (Wildman–Crippen LogP) is 2.99. The van der Waals surface area contributed by atoms with Gasteiger partial charge in [-0.05, 0) is 50.5 Å². The van der Waals surface area contributed by atoms with Crippen molar-refractivity contribution in [2.45, 2.75) is 51.6 Å². The van der Waals surface area contributed by atoms with E-state index in [1.54, 1.807) is 0 Å². The van der Waals surface area contributed by atoms with Gasteiger partial charge in [-0.15, -0.1) is 0 Å². The number of aromatic nitrogens is 2. The number of hydrogen-bond donors (Lipinski definition) is 1. The molecule has 1 N–H and O–H groups in total. The quantitative estimate of drug-likeness (QED) is 0.867. The lowest BCUT2D eigenvalue weighted by Gasteiger charge is -2.29. The van der Waals surface area contributed by atoms with E-state index < -0.39 is 0 Å². The second-order valence-electron chi connectivity index (χ2n) is 6.14. The minimum Gasteiger partial charge on any atom is -0.313 e. The van der Waals surface area contributed by atoms with Gasteiger partial charge in [-0.1, -0.05) is 13.3 Å². The molecule has 0 saturated heterocycles. The molecule has 0 spiro atoms. The second kappa shape index (κ2) is 5.04. The predicted molar refractivity (Wildman–Crippen MR) is 73.3 cm³/mol. The number of nitrogens with one attached hydrogen (secondary N) is 1. The van der Waals surface area contributed by atoms with E-state index in [1.165, 1.54) is 31.2 Å². The molecule has 0 aliphatic heterocycles. The average Bonchev–Trinajstić information content (AvgIpc) is 3.07. The summed E-state index contributed by atoms with van der Waals surface area (Å²) < 4.78 is 2.09. The second-order valence-corrected chi connectivity index (χ2v) is 6.14. The van der Waals surface area contributed by atoms with E-state index in [2.05, 4.69) is 41.5 Å². The maximum Gasteiger partial charge on any atom is 0.0537 e. The third-order valence-electron chi connectivity index (χ3n) is 5.00. The molecule has 2 aliphatic carbocycles. The lowest BCUT2D eigenvalue weighted by molar-refractivity contribution is 0.259. The molecular formula is C15H25N3. The Kier molecular flexibility index (Phi) is 3.42. The number of aryl methyl sites for hydroxylation is 1. The molecule has 100 valence electrons. The van der Waals surface area contributed by atoms with Crippen molar-refractivity contribution in [3.05, 3.63) is 18.0 Å². The van der Waals surface area contributed by atoms with Gasteiger partial charge >= 0.3 is 0 Å². The molecule has 1 heterocycles. The van der Waals surface area contributed by atoms with Gasteiger partial charge in [0.25, 0.3) is 0 Å². The van der Waals surface area contributed by atoms with Gasteiger partial charge in [0.05, 0.1) is 6.20 Å². The Morgan fingerprint density at radius 1 is 1.44 bits per heavy atom. The van der Waals surface area contributed by atoms with Crippen LogP contribution in [0.5, 0.6) is 0 Å². The van der Waals surface area contributed by atoms with Crippen LogP contribution in [0.2, 0.25) is 0 Å². The SMILES string of the molecule is CCCn1cc(C(NC)C2CC3CCC2C3)cn1. The molecule has 0 radical (unpaired) electrons. The Balaban J connectivity index is 1.75. The molecule has 3 heteroatoms. The zero-order valence-electron chi connectivity index (χ0n) is 11.6. The van der Waals surface area contributed by atoms with Gasteiger partial charge < -0.3 is 5.32 Å². The summed E-state index contributed by atoms with van der Waals surface area (Å²) in [7, 11) is 2.10. The first-order valence-electron chi connectivity index (χ1n) is 7.51. The molecule has 1 aromatic heterocycles. The van der Waals surface area contributed by atoms with Crippen LogP contribution in [0.15, 0.2) is 12.4 Å². The summed E-state index contributed by atoms with van der Waals surface area (Å²) in [6.07, 6.45) is 11.3. The maximum atomic E-state index is 4.48. The van der Waals surface area contributed by atoms with Crippen molar-refractivity contribution in [1.82, 2.24) is 15.1 Å². The number of rotatable bonds is 5. The topological polar surface area (TPSA) is 29.9 Å². The molecule has 4 atom stereocenters. The monoisotopic (exact) mass is 247 g/mol. The molecule has 2 bridgehead atoms. The van der Waals surface area contributed by atoms with Crippen molar-refractivity contribution in [2.24, 2.45) is 17.8 Å². The Hall–Kier alpha value is -0.830. The number of nitrogens with zero attached hydrogens (tertiary/aromatic N) is 2. The van der Waals surface area contributed by atoms with E-state index in [0.29, 0.717) is 6.04 Å². The van der Waals surface area contributed by atoms with Gasteiger partial charge in [0.1, 0.15) is 0 Å². The average molecular weight is 247 g/mol. The van der Waals surface area contributed by atoms with E-state index in [0.717, 1.165) is 30.7 Å². The van der Waals surface area contributed by atoms with Crippen LogP contribution >= 0.6 is 0 Å². The Morgan fingerprint density at radius 2 is 2.33 bits per heavy atom. The molecule has 1 aromatic rings. The van der Waals surface area contributed by atoms with Crippen LogP contribution < -0.4 is 5.32 Å². The minimum absolute atomic E-state index is 0.519. The molecular weight excluding hydrogens is 222 g/mol.